The molecule has 0 saturated carbocycles. The van der Waals surface area contributed by atoms with Gasteiger partial charge in [-0.3, -0.25) is 0 Å². The number of hydrogen-bond acceptors (Lipinski definition) is 4. The first-order chi connectivity index (χ1) is 13.1. The molecule has 1 aliphatic heterocycles. The van der Waals surface area contributed by atoms with E-state index in [0.717, 1.165) is 19.4 Å². The maximum Gasteiger partial charge on any atom is 0.322 e. The van der Waals surface area contributed by atoms with Crippen molar-refractivity contribution in [1.82, 2.24) is 24.6 Å². The zero-order valence-electron chi connectivity index (χ0n) is 15.5. The molecule has 2 aromatic heterocycles. The largest absolute Gasteiger partial charge is 0.322 e. The van der Waals surface area contributed by atoms with Gasteiger partial charge in [-0.15, -0.1) is 0 Å². The number of benzene rings is 1. The topological polar surface area (TPSA) is 75.9 Å². The molecule has 3 aromatic rings. The highest BCUT2D eigenvalue weighted by Gasteiger charge is 2.31. The standard InChI is InChI=1S/C20H22N6O/c1-14-6-3-7-15(2)18(14)17-8-4-11-25(17)20(27)24-16-12-23-26(13-16)19-21-9-5-10-22-19/h3,5-7,9-10,12-13,17H,4,8,11H2,1-2H3,(H,24,27). The zero-order chi connectivity index (χ0) is 18.8. The van der Waals surface area contributed by atoms with E-state index in [1.54, 1.807) is 35.5 Å². The van der Waals surface area contributed by atoms with E-state index < -0.39 is 0 Å². The molecule has 1 aromatic carbocycles. The number of anilines is 1. The highest BCUT2D eigenvalue weighted by Crippen LogP contribution is 2.35. The molecule has 0 radical (unpaired) electrons. The second kappa shape index (κ2) is 7.19. The lowest BCUT2D eigenvalue weighted by molar-refractivity contribution is 0.207. The van der Waals surface area contributed by atoms with Crippen LogP contribution >= 0.6 is 0 Å². The number of urea groups is 1. The Morgan fingerprint density at radius 2 is 1.89 bits per heavy atom. The summed E-state index contributed by atoms with van der Waals surface area (Å²) in [6, 6.07) is 8.04. The smallest absolute Gasteiger partial charge is 0.317 e. The summed E-state index contributed by atoms with van der Waals surface area (Å²) in [5, 5.41) is 7.19. The van der Waals surface area contributed by atoms with Crippen LogP contribution in [-0.2, 0) is 0 Å². The predicted octanol–water partition coefficient (Wildman–Crippen LogP) is 3.65. The number of aromatic nitrogens is 4. The number of rotatable bonds is 3. The number of amides is 2. The van der Waals surface area contributed by atoms with Crippen LogP contribution < -0.4 is 5.32 Å². The number of hydrogen-bond donors (Lipinski definition) is 1. The fourth-order valence-electron chi connectivity index (χ4n) is 3.76. The van der Waals surface area contributed by atoms with Gasteiger partial charge in [-0.25, -0.2) is 19.4 Å². The summed E-state index contributed by atoms with van der Waals surface area (Å²) >= 11 is 0. The van der Waals surface area contributed by atoms with Crippen molar-refractivity contribution < 1.29 is 4.79 Å². The Bertz CT molecular complexity index is 932. The van der Waals surface area contributed by atoms with Crippen LogP contribution in [0, 0.1) is 13.8 Å². The van der Waals surface area contributed by atoms with Crippen molar-refractivity contribution in [2.24, 2.45) is 0 Å². The Hall–Kier alpha value is -3.22. The molecule has 0 bridgehead atoms. The van der Waals surface area contributed by atoms with E-state index in [0.29, 0.717) is 11.6 Å². The summed E-state index contributed by atoms with van der Waals surface area (Å²) in [6.45, 7) is 4.97. The number of aryl methyl sites for hydroxylation is 2. The van der Waals surface area contributed by atoms with Gasteiger partial charge < -0.3 is 10.2 Å². The van der Waals surface area contributed by atoms with Crippen molar-refractivity contribution in [3.8, 4) is 5.95 Å². The third-order valence-corrected chi connectivity index (χ3v) is 4.98. The molecule has 7 heteroatoms. The van der Waals surface area contributed by atoms with Gasteiger partial charge >= 0.3 is 6.03 Å². The molecule has 0 aliphatic carbocycles. The average Bonchev–Trinajstić information content (AvgIpc) is 3.32. The van der Waals surface area contributed by atoms with Crippen molar-refractivity contribution in [2.45, 2.75) is 32.7 Å². The van der Waals surface area contributed by atoms with Gasteiger partial charge in [0.2, 0.25) is 5.95 Å². The van der Waals surface area contributed by atoms with E-state index in [2.05, 4.69) is 52.4 Å². The number of carbonyl (C=O) groups is 1. The van der Waals surface area contributed by atoms with Crippen molar-refractivity contribution in [1.29, 1.82) is 0 Å². The molecule has 1 saturated heterocycles. The molecular weight excluding hydrogens is 340 g/mol. The van der Waals surface area contributed by atoms with Gasteiger partial charge in [0.1, 0.15) is 0 Å². The van der Waals surface area contributed by atoms with Gasteiger partial charge in [0, 0.05) is 18.9 Å². The van der Waals surface area contributed by atoms with Crippen LogP contribution in [0.4, 0.5) is 10.5 Å². The van der Waals surface area contributed by atoms with Crippen LogP contribution in [0.15, 0.2) is 49.1 Å². The van der Waals surface area contributed by atoms with Crippen LogP contribution in [-0.4, -0.2) is 37.2 Å². The maximum absolute atomic E-state index is 12.9. The van der Waals surface area contributed by atoms with Crippen LogP contribution in [0.25, 0.3) is 5.95 Å². The second-order valence-electron chi connectivity index (χ2n) is 6.81. The summed E-state index contributed by atoms with van der Waals surface area (Å²) in [6.07, 6.45) is 8.62. The molecular formula is C20H22N6O. The van der Waals surface area contributed by atoms with Crippen LogP contribution in [0.2, 0.25) is 0 Å². The number of carbonyl (C=O) groups excluding carboxylic acids is 1. The summed E-state index contributed by atoms with van der Waals surface area (Å²) < 4.78 is 1.54. The summed E-state index contributed by atoms with van der Waals surface area (Å²) in [7, 11) is 0. The maximum atomic E-state index is 12.9. The molecule has 1 unspecified atom stereocenters. The van der Waals surface area contributed by atoms with Gasteiger partial charge in [0.25, 0.3) is 0 Å². The van der Waals surface area contributed by atoms with Crippen molar-refractivity contribution >= 4 is 11.7 Å². The number of likely N-dealkylation sites (tertiary alicyclic amines) is 1. The van der Waals surface area contributed by atoms with Crippen LogP contribution in [0.5, 0.6) is 0 Å². The summed E-state index contributed by atoms with van der Waals surface area (Å²) in [4.78, 5) is 23.1. The lowest BCUT2D eigenvalue weighted by Gasteiger charge is -2.27. The minimum Gasteiger partial charge on any atom is -0.317 e. The van der Waals surface area contributed by atoms with Crippen LogP contribution in [0.1, 0.15) is 35.6 Å². The quantitative estimate of drug-likeness (QED) is 0.772. The van der Waals surface area contributed by atoms with Crippen molar-refractivity contribution in [2.75, 3.05) is 11.9 Å². The monoisotopic (exact) mass is 362 g/mol. The van der Waals surface area contributed by atoms with Gasteiger partial charge in [0.15, 0.2) is 0 Å². The van der Waals surface area contributed by atoms with E-state index in [-0.39, 0.29) is 12.1 Å². The lowest BCUT2D eigenvalue weighted by atomic mass is 9.94. The third kappa shape index (κ3) is 3.40. The van der Waals surface area contributed by atoms with E-state index in [1.165, 1.54) is 16.7 Å². The minimum atomic E-state index is -0.103. The average molecular weight is 362 g/mol. The first kappa shape index (κ1) is 17.2. The van der Waals surface area contributed by atoms with E-state index >= 15 is 0 Å². The zero-order valence-corrected chi connectivity index (χ0v) is 15.5. The Balaban J connectivity index is 1.52. The third-order valence-electron chi connectivity index (χ3n) is 4.98. The number of nitrogens with one attached hydrogen (secondary N) is 1. The molecule has 4 rings (SSSR count). The molecule has 1 fully saturated rings. The van der Waals surface area contributed by atoms with Crippen molar-refractivity contribution in [3.63, 3.8) is 0 Å². The molecule has 7 nitrogen and oxygen atoms in total. The SMILES string of the molecule is Cc1cccc(C)c1C1CCCN1C(=O)Nc1cnn(-c2ncccn2)c1. The molecule has 3 heterocycles. The Morgan fingerprint density at radius 3 is 2.63 bits per heavy atom. The summed E-state index contributed by atoms with van der Waals surface area (Å²) in [5.74, 6) is 0.465. The van der Waals surface area contributed by atoms with Crippen molar-refractivity contribution in [3.05, 3.63) is 65.7 Å². The van der Waals surface area contributed by atoms with Gasteiger partial charge in [-0.05, 0) is 49.4 Å². The van der Waals surface area contributed by atoms with Gasteiger partial charge in [-0.2, -0.15) is 5.10 Å². The van der Waals surface area contributed by atoms with E-state index in [9.17, 15) is 4.79 Å². The highest BCUT2D eigenvalue weighted by molar-refractivity contribution is 5.89. The normalized spacial score (nSPS) is 16.5. The Labute approximate surface area is 158 Å². The molecule has 1 aliphatic rings. The molecule has 138 valence electrons. The van der Waals surface area contributed by atoms with E-state index in [4.69, 9.17) is 0 Å². The van der Waals surface area contributed by atoms with Gasteiger partial charge in [-0.1, -0.05) is 18.2 Å². The minimum absolute atomic E-state index is 0.103. The molecule has 0 spiro atoms. The first-order valence-electron chi connectivity index (χ1n) is 9.09. The van der Waals surface area contributed by atoms with Gasteiger partial charge in [0.05, 0.1) is 24.1 Å². The molecule has 27 heavy (non-hydrogen) atoms. The fraction of sp³-hybridized carbons (Fsp3) is 0.300. The number of nitrogens with zero attached hydrogens (tertiary/aromatic N) is 5. The van der Waals surface area contributed by atoms with E-state index in [1.807, 2.05) is 4.90 Å². The highest BCUT2D eigenvalue weighted by atomic mass is 16.2. The fourth-order valence-corrected chi connectivity index (χ4v) is 3.76. The molecule has 2 amide bonds. The lowest BCUT2D eigenvalue weighted by Crippen LogP contribution is -2.34. The predicted molar refractivity (Wildman–Crippen MR) is 103 cm³/mol. The Morgan fingerprint density at radius 1 is 1.15 bits per heavy atom. The first-order valence-corrected chi connectivity index (χ1v) is 9.09. The van der Waals surface area contributed by atoms with Crippen LogP contribution in [0.3, 0.4) is 0 Å². The second-order valence-corrected chi connectivity index (χ2v) is 6.81. The summed E-state index contributed by atoms with van der Waals surface area (Å²) in [5.41, 5.74) is 4.35. The molecule has 1 atom stereocenters. The Kier molecular flexibility index (Phi) is 4.58. The molecule has 1 N–H and O–H groups in total.